The molecule has 11 heavy (non-hydrogen) atoms. The molecule has 0 bridgehead atoms. The highest BCUT2D eigenvalue weighted by atomic mass is 32.2. The lowest BCUT2D eigenvalue weighted by Gasteiger charge is -2.14. The molecule has 0 radical (unpaired) electrons. The fraction of sp³-hybridized carbons (Fsp3) is 0.800. The summed E-state index contributed by atoms with van der Waals surface area (Å²) in [7, 11) is -2.81. The summed E-state index contributed by atoms with van der Waals surface area (Å²) in [5, 5.41) is 2.76. The van der Waals surface area contributed by atoms with Crippen LogP contribution >= 0.6 is 12.2 Å². The standard InChI is InChI=1S/C5H9NO2S3/c7-11(8)2-1-4(3-11)6-5(9)10/h4H,1-3H2,(H2,6,9,10)/p-1. The van der Waals surface area contributed by atoms with Crippen LogP contribution in [-0.4, -0.2) is 30.3 Å². The van der Waals surface area contributed by atoms with Gasteiger partial charge >= 0.3 is 0 Å². The summed E-state index contributed by atoms with van der Waals surface area (Å²) in [4.78, 5) is 0. The third kappa shape index (κ3) is 2.88. The van der Waals surface area contributed by atoms with Crippen LogP contribution in [0.25, 0.3) is 0 Å². The van der Waals surface area contributed by atoms with E-state index in [9.17, 15) is 8.42 Å². The Balaban J connectivity index is 2.49. The van der Waals surface area contributed by atoms with Crippen molar-refractivity contribution in [1.82, 2.24) is 5.32 Å². The minimum Gasteiger partial charge on any atom is -0.412 e. The monoisotopic (exact) mass is 210 g/mol. The first-order valence-corrected chi connectivity index (χ1v) is 5.81. The Labute approximate surface area is 76.9 Å². The summed E-state index contributed by atoms with van der Waals surface area (Å²) in [6.45, 7) is 0. The number of rotatable bonds is 1. The molecule has 0 aromatic rings. The van der Waals surface area contributed by atoms with Gasteiger partial charge in [-0.3, -0.25) is 0 Å². The number of nitrogens with one attached hydrogen (secondary N) is 1. The molecule has 0 aliphatic carbocycles. The van der Waals surface area contributed by atoms with E-state index in [0.717, 1.165) is 0 Å². The predicted molar refractivity (Wildman–Crippen MR) is 50.2 cm³/mol. The molecular weight excluding hydrogens is 202 g/mol. The molecule has 0 amide bonds. The zero-order chi connectivity index (χ0) is 8.48. The van der Waals surface area contributed by atoms with E-state index >= 15 is 0 Å². The van der Waals surface area contributed by atoms with Crippen molar-refractivity contribution in [1.29, 1.82) is 0 Å². The third-order valence-electron chi connectivity index (χ3n) is 1.55. The summed E-state index contributed by atoms with van der Waals surface area (Å²) in [5.74, 6) is 0.423. The fourth-order valence-corrected chi connectivity index (χ4v) is 3.08. The molecule has 6 heteroatoms. The normalized spacial score (nSPS) is 28.2. The summed E-state index contributed by atoms with van der Waals surface area (Å²) in [6.07, 6.45) is 0.624. The first-order valence-electron chi connectivity index (χ1n) is 3.17. The van der Waals surface area contributed by atoms with Crippen molar-refractivity contribution in [2.24, 2.45) is 0 Å². The van der Waals surface area contributed by atoms with Crippen LogP contribution in [0.15, 0.2) is 0 Å². The van der Waals surface area contributed by atoms with Crippen molar-refractivity contribution in [3.05, 3.63) is 0 Å². The molecule has 1 unspecified atom stereocenters. The quantitative estimate of drug-likeness (QED) is 0.471. The van der Waals surface area contributed by atoms with E-state index in [1.165, 1.54) is 0 Å². The van der Waals surface area contributed by atoms with Gasteiger partial charge in [0.2, 0.25) is 0 Å². The third-order valence-corrected chi connectivity index (χ3v) is 3.56. The Morgan fingerprint density at radius 3 is 2.64 bits per heavy atom. The SMILES string of the molecule is O=S1(=O)CCC(NC(=S)[S-])C1. The van der Waals surface area contributed by atoms with E-state index in [1.54, 1.807) is 0 Å². The van der Waals surface area contributed by atoms with Gasteiger partial charge in [-0.25, -0.2) is 8.42 Å². The van der Waals surface area contributed by atoms with Crippen LogP contribution in [-0.2, 0) is 22.5 Å². The molecule has 0 aromatic heterocycles. The summed E-state index contributed by atoms with van der Waals surface area (Å²) >= 11 is 9.23. The van der Waals surface area contributed by atoms with E-state index in [-0.39, 0.29) is 21.9 Å². The summed E-state index contributed by atoms with van der Waals surface area (Å²) < 4.78 is 22.1. The van der Waals surface area contributed by atoms with Gasteiger partial charge in [-0.05, 0) is 6.42 Å². The topological polar surface area (TPSA) is 46.2 Å². The zero-order valence-electron chi connectivity index (χ0n) is 5.74. The first-order chi connectivity index (χ1) is 4.99. The molecule has 1 aliphatic heterocycles. The molecule has 0 aromatic carbocycles. The summed E-state index contributed by atoms with van der Waals surface area (Å²) in [6, 6.07) is -0.0509. The van der Waals surface area contributed by atoms with Gasteiger partial charge in [-0.15, -0.1) is 0 Å². The Bertz CT molecular complexity index is 259. The Hall–Kier alpha value is 0.0600. The molecular formula is C5H8NO2S3-. The Kier molecular flexibility index (Phi) is 2.66. The van der Waals surface area contributed by atoms with Gasteiger partial charge in [0.25, 0.3) is 0 Å². The van der Waals surface area contributed by atoms with Crippen molar-refractivity contribution >= 4 is 39.0 Å². The van der Waals surface area contributed by atoms with Crippen molar-refractivity contribution in [2.75, 3.05) is 11.5 Å². The highest BCUT2D eigenvalue weighted by molar-refractivity contribution is 8.00. The number of hydrogen-bond acceptors (Lipinski definition) is 4. The highest BCUT2D eigenvalue weighted by Crippen LogP contribution is 2.10. The Morgan fingerprint density at radius 1 is 1.64 bits per heavy atom. The zero-order valence-corrected chi connectivity index (χ0v) is 8.19. The van der Waals surface area contributed by atoms with Crippen LogP contribution in [0.5, 0.6) is 0 Å². The molecule has 1 heterocycles. The van der Waals surface area contributed by atoms with Crippen LogP contribution in [0.1, 0.15) is 6.42 Å². The van der Waals surface area contributed by atoms with Crippen LogP contribution in [0.4, 0.5) is 0 Å². The van der Waals surface area contributed by atoms with E-state index in [1.807, 2.05) is 0 Å². The van der Waals surface area contributed by atoms with E-state index < -0.39 is 9.84 Å². The second-order valence-electron chi connectivity index (χ2n) is 2.53. The highest BCUT2D eigenvalue weighted by Gasteiger charge is 2.26. The van der Waals surface area contributed by atoms with Crippen LogP contribution in [0.2, 0.25) is 0 Å². The minimum absolute atomic E-state index is 0.0509. The van der Waals surface area contributed by atoms with Gasteiger partial charge in [-0.2, -0.15) is 0 Å². The minimum atomic E-state index is -2.81. The lowest BCUT2D eigenvalue weighted by Crippen LogP contribution is -2.33. The van der Waals surface area contributed by atoms with Crippen molar-refractivity contribution in [3.8, 4) is 0 Å². The van der Waals surface area contributed by atoms with Gasteiger partial charge in [-0.1, -0.05) is 4.32 Å². The second-order valence-corrected chi connectivity index (χ2v) is 5.84. The molecule has 1 atom stereocenters. The molecule has 1 N–H and O–H groups in total. The lowest BCUT2D eigenvalue weighted by atomic mass is 10.3. The molecule has 3 nitrogen and oxygen atoms in total. The second kappa shape index (κ2) is 3.20. The molecule has 1 rings (SSSR count). The maximum Gasteiger partial charge on any atom is 0.152 e. The Morgan fingerprint density at radius 2 is 2.27 bits per heavy atom. The van der Waals surface area contributed by atoms with Gasteiger partial charge in [0.1, 0.15) is 0 Å². The van der Waals surface area contributed by atoms with Gasteiger partial charge in [0.05, 0.1) is 11.5 Å². The van der Waals surface area contributed by atoms with E-state index in [2.05, 4.69) is 30.2 Å². The molecule has 1 aliphatic rings. The average Bonchev–Trinajstić information content (AvgIpc) is 2.08. The predicted octanol–water partition coefficient (Wildman–Crippen LogP) is -0.405. The van der Waals surface area contributed by atoms with Gasteiger partial charge in [0.15, 0.2) is 9.84 Å². The van der Waals surface area contributed by atoms with Gasteiger partial charge < -0.3 is 30.2 Å². The van der Waals surface area contributed by atoms with E-state index in [4.69, 9.17) is 0 Å². The molecule has 0 spiro atoms. The fourth-order valence-electron chi connectivity index (χ4n) is 1.08. The number of sulfone groups is 1. The lowest BCUT2D eigenvalue weighted by molar-refractivity contribution is 0.600. The largest absolute Gasteiger partial charge is 0.412 e. The van der Waals surface area contributed by atoms with Crippen LogP contribution < -0.4 is 5.32 Å². The van der Waals surface area contributed by atoms with Crippen molar-refractivity contribution in [3.63, 3.8) is 0 Å². The van der Waals surface area contributed by atoms with Crippen molar-refractivity contribution < 1.29 is 8.42 Å². The summed E-state index contributed by atoms with van der Waals surface area (Å²) in [5.41, 5.74) is 0. The molecule has 1 fully saturated rings. The van der Waals surface area contributed by atoms with Crippen molar-refractivity contribution in [2.45, 2.75) is 12.5 Å². The average molecular weight is 210 g/mol. The number of thiocarbonyl (C=S) groups is 1. The first kappa shape index (κ1) is 9.15. The number of hydrogen-bond donors (Lipinski definition) is 1. The van der Waals surface area contributed by atoms with E-state index in [0.29, 0.717) is 6.42 Å². The molecule has 1 saturated heterocycles. The van der Waals surface area contributed by atoms with Crippen LogP contribution in [0.3, 0.4) is 0 Å². The smallest absolute Gasteiger partial charge is 0.152 e. The van der Waals surface area contributed by atoms with Crippen LogP contribution in [0, 0.1) is 0 Å². The maximum atomic E-state index is 10.9. The molecule has 0 saturated carbocycles. The van der Waals surface area contributed by atoms with Gasteiger partial charge in [0, 0.05) is 6.04 Å². The maximum absolute atomic E-state index is 10.9. The molecule has 64 valence electrons.